The normalized spacial score (nSPS) is 10.9. The molecule has 3 heterocycles. The van der Waals surface area contributed by atoms with Gasteiger partial charge in [0, 0.05) is 36.7 Å². The van der Waals surface area contributed by atoms with Crippen molar-refractivity contribution in [2.24, 2.45) is 11.6 Å². The smallest absolute Gasteiger partial charge is 0.182 e. The monoisotopic (exact) mass is 419 g/mol. The molecule has 10 heteroatoms. The number of rotatable bonds is 7. The van der Waals surface area contributed by atoms with E-state index < -0.39 is 0 Å². The zero-order valence-electron chi connectivity index (χ0n) is 16.1. The van der Waals surface area contributed by atoms with Crippen LogP contribution in [0.5, 0.6) is 0 Å². The molecule has 0 amide bonds. The first-order chi connectivity index (χ1) is 13.4. The number of aryl methyl sites for hydroxylation is 2. The molecule has 0 aliphatic rings. The fourth-order valence-electron chi connectivity index (χ4n) is 2.34. The van der Waals surface area contributed by atoms with Gasteiger partial charge in [-0.15, -0.1) is 22.7 Å². The Morgan fingerprint density at radius 1 is 1.32 bits per heavy atom. The van der Waals surface area contributed by atoms with Crippen molar-refractivity contribution in [2.45, 2.75) is 20.4 Å². The second-order valence-corrected chi connectivity index (χ2v) is 7.92. The van der Waals surface area contributed by atoms with E-state index in [1.807, 2.05) is 50.0 Å². The van der Waals surface area contributed by atoms with Crippen molar-refractivity contribution >= 4 is 34.1 Å². The summed E-state index contributed by atoms with van der Waals surface area (Å²) in [6.07, 6.45) is 6.08. The first-order valence-corrected chi connectivity index (χ1v) is 10.2. The number of hydrogen-bond acceptors (Lipinski definition) is 9. The van der Waals surface area contributed by atoms with Crippen molar-refractivity contribution in [3.8, 4) is 10.6 Å². The molecule has 3 aromatic rings. The average Bonchev–Trinajstić information content (AvgIpc) is 3.36. The van der Waals surface area contributed by atoms with Gasteiger partial charge < -0.3 is 25.4 Å². The summed E-state index contributed by atoms with van der Waals surface area (Å²) in [6.45, 7) is 4.76. The van der Waals surface area contributed by atoms with Crippen LogP contribution in [0.2, 0.25) is 0 Å². The van der Waals surface area contributed by atoms with E-state index in [1.165, 1.54) is 9.89 Å². The van der Waals surface area contributed by atoms with Crippen LogP contribution in [0, 0.1) is 13.8 Å². The Balaban J connectivity index is 0.000000200. The number of nitrogens with zero attached hydrogens (tertiary/aromatic N) is 4. The summed E-state index contributed by atoms with van der Waals surface area (Å²) in [5.41, 5.74) is 8.40. The first kappa shape index (κ1) is 21.6. The van der Waals surface area contributed by atoms with Gasteiger partial charge >= 0.3 is 0 Å². The van der Waals surface area contributed by atoms with Crippen LogP contribution in [0.15, 0.2) is 41.8 Å². The highest BCUT2D eigenvalue weighted by Crippen LogP contribution is 2.31. The summed E-state index contributed by atoms with van der Waals surface area (Å²) in [6, 6.07) is 3.83. The number of hydrazine groups is 1. The third kappa shape index (κ3) is 6.48. The fourth-order valence-corrected chi connectivity index (χ4v) is 3.96. The Labute approximate surface area is 172 Å². The highest BCUT2D eigenvalue weighted by molar-refractivity contribution is 7.16. The van der Waals surface area contributed by atoms with E-state index in [0.29, 0.717) is 12.2 Å². The maximum absolute atomic E-state index is 10.1. The van der Waals surface area contributed by atoms with Crippen molar-refractivity contribution in [2.75, 3.05) is 18.9 Å². The second-order valence-electron chi connectivity index (χ2n) is 5.86. The molecular formula is C18H25N7OS2. The zero-order chi connectivity index (χ0) is 20.5. The van der Waals surface area contributed by atoms with E-state index in [2.05, 4.69) is 20.7 Å². The SMILES string of the molecule is CNc1nc(-c2sc(C)nc2C)cs1.N/C(=C\N(N)CC=O)Cn1cccc1. The lowest BCUT2D eigenvalue weighted by Crippen LogP contribution is -2.28. The Bertz CT molecular complexity index is 899. The molecule has 0 aliphatic carbocycles. The Hall–Kier alpha value is -2.69. The standard InChI is InChI=1S/C9H14N4O.C9H11N3S2/c10-9(8-13(11)5-6-14)7-12-3-1-2-4-12;1-5-8(14-6(2)11-5)7-4-13-9(10-3)12-7/h1-4,6,8H,5,7,10-11H2;4H,1-3H3,(H,10,12)/b9-8-;. The molecule has 0 fully saturated rings. The molecule has 0 atom stereocenters. The van der Waals surface area contributed by atoms with E-state index >= 15 is 0 Å². The van der Waals surface area contributed by atoms with Crippen LogP contribution in [0.1, 0.15) is 10.7 Å². The highest BCUT2D eigenvalue weighted by Gasteiger charge is 2.10. The molecule has 8 nitrogen and oxygen atoms in total. The molecule has 28 heavy (non-hydrogen) atoms. The molecule has 0 radical (unpaired) electrons. The van der Waals surface area contributed by atoms with Gasteiger partial charge in [0.15, 0.2) is 5.13 Å². The molecule has 0 unspecified atom stereocenters. The summed E-state index contributed by atoms with van der Waals surface area (Å²) in [4.78, 5) is 20.1. The van der Waals surface area contributed by atoms with Crippen LogP contribution in [-0.2, 0) is 11.3 Å². The molecule has 0 aromatic carbocycles. The predicted molar refractivity (Wildman–Crippen MR) is 116 cm³/mol. The number of carbonyl (C=O) groups excluding carboxylic acids is 1. The molecule has 3 rings (SSSR count). The average molecular weight is 420 g/mol. The van der Waals surface area contributed by atoms with E-state index in [9.17, 15) is 4.79 Å². The van der Waals surface area contributed by atoms with Gasteiger partial charge in [-0.25, -0.2) is 15.8 Å². The van der Waals surface area contributed by atoms with Crippen LogP contribution in [0.4, 0.5) is 5.13 Å². The lowest BCUT2D eigenvalue weighted by atomic mass is 10.3. The number of anilines is 1. The fraction of sp³-hybridized carbons (Fsp3) is 0.278. The minimum atomic E-state index is 0.145. The number of nitrogens with one attached hydrogen (secondary N) is 1. The van der Waals surface area contributed by atoms with Gasteiger partial charge in [-0.2, -0.15) is 0 Å². The van der Waals surface area contributed by atoms with Gasteiger partial charge in [0.2, 0.25) is 0 Å². The third-order valence-electron chi connectivity index (χ3n) is 3.50. The van der Waals surface area contributed by atoms with Gasteiger partial charge in [-0.05, 0) is 26.0 Å². The van der Waals surface area contributed by atoms with Crippen LogP contribution >= 0.6 is 22.7 Å². The number of nitrogens with two attached hydrogens (primary N) is 2. The first-order valence-electron chi connectivity index (χ1n) is 8.52. The summed E-state index contributed by atoms with van der Waals surface area (Å²) in [7, 11) is 1.88. The van der Waals surface area contributed by atoms with Crippen LogP contribution in [-0.4, -0.2) is 39.4 Å². The Kier molecular flexibility index (Phi) is 8.18. The molecule has 150 valence electrons. The summed E-state index contributed by atoms with van der Waals surface area (Å²) in [5.74, 6) is 5.45. The van der Waals surface area contributed by atoms with Gasteiger partial charge in [0.05, 0.1) is 34.4 Å². The van der Waals surface area contributed by atoms with Crippen LogP contribution in [0.3, 0.4) is 0 Å². The molecule has 0 spiro atoms. The van der Waals surface area contributed by atoms with Crippen molar-refractivity contribution in [1.82, 2.24) is 19.5 Å². The molecule has 3 aromatic heterocycles. The number of aromatic nitrogens is 3. The number of allylic oxidation sites excluding steroid dienone is 1. The number of carbonyl (C=O) groups is 1. The number of aldehydes is 1. The largest absolute Gasteiger partial charge is 0.399 e. The number of hydrogen-bond donors (Lipinski definition) is 3. The van der Waals surface area contributed by atoms with Crippen molar-refractivity contribution in [3.05, 3.63) is 52.5 Å². The molecule has 5 N–H and O–H groups in total. The van der Waals surface area contributed by atoms with Crippen LogP contribution in [0.25, 0.3) is 10.6 Å². The van der Waals surface area contributed by atoms with Gasteiger partial charge in [0.1, 0.15) is 6.29 Å². The van der Waals surface area contributed by atoms with E-state index in [1.54, 1.807) is 28.9 Å². The van der Waals surface area contributed by atoms with Gasteiger partial charge in [-0.3, -0.25) is 0 Å². The lowest BCUT2D eigenvalue weighted by Gasteiger charge is -2.11. The predicted octanol–water partition coefficient (Wildman–Crippen LogP) is 2.59. The molecule has 0 aliphatic heterocycles. The lowest BCUT2D eigenvalue weighted by molar-refractivity contribution is -0.108. The minimum Gasteiger partial charge on any atom is -0.399 e. The molecule has 0 bridgehead atoms. The highest BCUT2D eigenvalue weighted by atomic mass is 32.1. The van der Waals surface area contributed by atoms with E-state index in [0.717, 1.165) is 27.8 Å². The third-order valence-corrected chi connectivity index (χ3v) is 5.46. The van der Waals surface area contributed by atoms with Crippen molar-refractivity contribution in [1.29, 1.82) is 0 Å². The van der Waals surface area contributed by atoms with Crippen molar-refractivity contribution < 1.29 is 4.79 Å². The number of thiazole rings is 2. The molecular weight excluding hydrogens is 394 g/mol. The maximum atomic E-state index is 10.1. The second kappa shape index (κ2) is 10.6. The van der Waals surface area contributed by atoms with E-state index in [-0.39, 0.29) is 6.54 Å². The van der Waals surface area contributed by atoms with E-state index in [4.69, 9.17) is 11.6 Å². The van der Waals surface area contributed by atoms with Crippen LogP contribution < -0.4 is 16.9 Å². The van der Waals surface area contributed by atoms with Crippen molar-refractivity contribution in [3.63, 3.8) is 0 Å². The molecule has 0 saturated heterocycles. The Morgan fingerprint density at radius 2 is 2.04 bits per heavy atom. The maximum Gasteiger partial charge on any atom is 0.182 e. The summed E-state index contributed by atoms with van der Waals surface area (Å²) >= 11 is 3.32. The quantitative estimate of drug-likeness (QED) is 0.306. The minimum absolute atomic E-state index is 0.145. The molecule has 0 saturated carbocycles. The summed E-state index contributed by atoms with van der Waals surface area (Å²) < 4.78 is 1.92. The summed E-state index contributed by atoms with van der Waals surface area (Å²) in [5, 5.41) is 8.40. The Morgan fingerprint density at radius 3 is 2.57 bits per heavy atom. The zero-order valence-corrected chi connectivity index (χ0v) is 17.8. The van der Waals surface area contributed by atoms with Gasteiger partial charge in [0.25, 0.3) is 0 Å². The topological polar surface area (TPSA) is 115 Å². The van der Waals surface area contributed by atoms with Gasteiger partial charge in [-0.1, -0.05) is 0 Å².